The quantitative estimate of drug-likeness (QED) is 0.860. The van der Waals surface area contributed by atoms with Crippen LogP contribution in [0.1, 0.15) is 17.3 Å². The first kappa shape index (κ1) is 11.8. The van der Waals surface area contributed by atoms with E-state index >= 15 is 0 Å². The van der Waals surface area contributed by atoms with Crippen LogP contribution < -0.4 is 4.74 Å². The molecule has 0 aliphatic carbocycles. The maximum absolute atomic E-state index is 11.5. The van der Waals surface area contributed by atoms with Crippen LogP contribution >= 0.6 is 15.9 Å². The van der Waals surface area contributed by atoms with Crippen molar-refractivity contribution in [1.29, 1.82) is 0 Å². The van der Waals surface area contributed by atoms with Crippen molar-refractivity contribution in [3.05, 3.63) is 22.2 Å². The fourth-order valence-electron chi connectivity index (χ4n) is 1.15. The Morgan fingerprint density at radius 2 is 2.20 bits per heavy atom. The van der Waals surface area contributed by atoms with Gasteiger partial charge < -0.3 is 14.6 Å². The molecule has 0 atom stereocenters. The number of phenolic OH excluding ortho intramolecular Hbond substituents is 1. The lowest BCUT2D eigenvalue weighted by atomic mass is 10.2. The van der Waals surface area contributed by atoms with Gasteiger partial charge in [0.25, 0.3) is 0 Å². The van der Waals surface area contributed by atoms with Gasteiger partial charge in [0.05, 0.1) is 13.7 Å². The van der Waals surface area contributed by atoms with Crippen LogP contribution in [0.4, 0.5) is 0 Å². The van der Waals surface area contributed by atoms with Crippen molar-refractivity contribution in [3.8, 4) is 11.5 Å². The zero-order valence-corrected chi connectivity index (χ0v) is 10.00. The van der Waals surface area contributed by atoms with E-state index in [4.69, 9.17) is 9.47 Å². The molecule has 0 saturated carbocycles. The number of rotatable bonds is 3. The molecular formula is C10H11BrO4. The lowest BCUT2D eigenvalue weighted by Gasteiger charge is -2.09. The van der Waals surface area contributed by atoms with Gasteiger partial charge >= 0.3 is 5.97 Å². The molecule has 82 valence electrons. The van der Waals surface area contributed by atoms with Crippen molar-refractivity contribution in [1.82, 2.24) is 0 Å². The maximum atomic E-state index is 11.5. The van der Waals surface area contributed by atoms with Gasteiger partial charge in [0.2, 0.25) is 0 Å². The Labute approximate surface area is 95.9 Å². The average molecular weight is 275 g/mol. The van der Waals surface area contributed by atoms with Gasteiger partial charge in [-0.1, -0.05) is 15.9 Å². The first-order chi connectivity index (χ1) is 7.10. The Bertz CT molecular complexity index is 376. The van der Waals surface area contributed by atoms with Gasteiger partial charge in [0.15, 0.2) is 11.5 Å². The Balaban J connectivity index is 3.20. The minimum Gasteiger partial charge on any atom is -0.504 e. The van der Waals surface area contributed by atoms with E-state index in [2.05, 4.69) is 15.9 Å². The minimum absolute atomic E-state index is 0.102. The van der Waals surface area contributed by atoms with Crippen LogP contribution in [-0.2, 0) is 4.74 Å². The SMILES string of the molecule is CCOC(=O)c1cc(Br)cc(O)c1OC. The molecule has 0 aliphatic heterocycles. The number of carbonyl (C=O) groups is 1. The summed E-state index contributed by atoms with van der Waals surface area (Å²) in [6.45, 7) is 1.98. The molecule has 0 unspecified atom stereocenters. The molecule has 1 N–H and O–H groups in total. The topological polar surface area (TPSA) is 55.8 Å². The van der Waals surface area contributed by atoms with Crippen molar-refractivity contribution in [3.63, 3.8) is 0 Å². The van der Waals surface area contributed by atoms with Crippen molar-refractivity contribution >= 4 is 21.9 Å². The predicted molar refractivity (Wildman–Crippen MR) is 58.3 cm³/mol. The number of carbonyl (C=O) groups excluding carboxylic acids is 1. The van der Waals surface area contributed by atoms with Gasteiger partial charge in [0.1, 0.15) is 5.56 Å². The smallest absolute Gasteiger partial charge is 0.342 e. The van der Waals surface area contributed by atoms with Crippen LogP contribution in [0.3, 0.4) is 0 Å². The molecule has 0 aliphatic rings. The Morgan fingerprint density at radius 1 is 1.53 bits per heavy atom. The van der Waals surface area contributed by atoms with Gasteiger partial charge in [-0.15, -0.1) is 0 Å². The largest absolute Gasteiger partial charge is 0.504 e. The van der Waals surface area contributed by atoms with Crippen LogP contribution in [0.25, 0.3) is 0 Å². The standard InChI is InChI=1S/C10H11BrO4/c1-3-15-10(13)7-4-6(11)5-8(12)9(7)14-2/h4-5,12H,3H2,1-2H3. The summed E-state index contributed by atoms with van der Waals surface area (Å²) in [5.41, 5.74) is 0.200. The van der Waals surface area contributed by atoms with E-state index in [1.54, 1.807) is 6.92 Å². The highest BCUT2D eigenvalue weighted by atomic mass is 79.9. The fraction of sp³-hybridized carbons (Fsp3) is 0.300. The summed E-state index contributed by atoms with van der Waals surface area (Å²) in [6, 6.07) is 2.98. The number of benzene rings is 1. The van der Waals surface area contributed by atoms with Gasteiger partial charge in [-0.05, 0) is 19.1 Å². The molecule has 0 fully saturated rings. The summed E-state index contributed by atoms with van der Waals surface area (Å²) in [6.07, 6.45) is 0. The van der Waals surface area contributed by atoms with Crippen molar-refractivity contribution in [2.24, 2.45) is 0 Å². The first-order valence-corrected chi connectivity index (χ1v) is 5.13. The number of hydrogen-bond donors (Lipinski definition) is 1. The summed E-state index contributed by atoms with van der Waals surface area (Å²) < 4.78 is 10.3. The van der Waals surface area contributed by atoms with Crippen molar-refractivity contribution < 1.29 is 19.4 Å². The molecule has 4 nitrogen and oxygen atoms in total. The van der Waals surface area contributed by atoms with E-state index in [1.807, 2.05) is 0 Å². The zero-order chi connectivity index (χ0) is 11.4. The number of hydrogen-bond acceptors (Lipinski definition) is 4. The zero-order valence-electron chi connectivity index (χ0n) is 8.41. The summed E-state index contributed by atoms with van der Waals surface area (Å²) >= 11 is 3.17. The minimum atomic E-state index is -0.522. The molecule has 0 spiro atoms. The molecule has 0 heterocycles. The van der Waals surface area contributed by atoms with Gasteiger partial charge in [-0.25, -0.2) is 4.79 Å². The molecule has 0 aromatic heterocycles. The molecule has 5 heteroatoms. The summed E-state index contributed by atoms with van der Waals surface area (Å²) in [4.78, 5) is 11.5. The average Bonchev–Trinajstić information content (AvgIpc) is 2.17. The molecule has 1 aromatic rings. The van der Waals surface area contributed by atoms with Crippen molar-refractivity contribution in [2.75, 3.05) is 13.7 Å². The highest BCUT2D eigenvalue weighted by Crippen LogP contribution is 2.33. The summed E-state index contributed by atoms with van der Waals surface area (Å²) in [7, 11) is 1.38. The van der Waals surface area contributed by atoms with E-state index in [1.165, 1.54) is 19.2 Å². The number of esters is 1. The van der Waals surface area contributed by atoms with Crippen LogP contribution in [0.2, 0.25) is 0 Å². The van der Waals surface area contributed by atoms with Crippen LogP contribution in [0.5, 0.6) is 11.5 Å². The van der Waals surface area contributed by atoms with Crippen LogP contribution in [0.15, 0.2) is 16.6 Å². The Kier molecular flexibility index (Phi) is 3.96. The lowest BCUT2D eigenvalue weighted by Crippen LogP contribution is -2.06. The van der Waals surface area contributed by atoms with Gasteiger partial charge in [-0.3, -0.25) is 0 Å². The fourth-order valence-corrected chi connectivity index (χ4v) is 1.60. The number of halogens is 1. The number of phenols is 1. The molecule has 1 aromatic carbocycles. The third-order valence-electron chi connectivity index (χ3n) is 1.73. The normalized spacial score (nSPS) is 9.80. The van der Waals surface area contributed by atoms with Gasteiger partial charge in [0, 0.05) is 4.47 Å². The lowest BCUT2D eigenvalue weighted by molar-refractivity contribution is 0.0522. The molecule has 0 saturated heterocycles. The van der Waals surface area contributed by atoms with Crippen LogP contribution in [0, 0.1) is 0 Å². The summed E-state index contributed by atoms with van der Waals surface area (Å²) in [5, 5.41) is 9.53. The first-order valence-electron chi connectivity index (χ1n) is 4.33. The van der Waals surface area contributed by atoms with E-state index in [0.717, 1.165) is 0 Å². The second-order valence-corrected chi connectivity index (χ2v) is 3.64. The van der Waals surface area contributed by atoms with Crippen molar-refractivity contribution in [2.45, 2.75) is 6.92 Å². The number of methoxy groups -OCH3 is 1. The predicted octanol–water partition coefficient (Wildman–Crippen LogP) is 2.34. The van der Waals surface area contributed by atoms with Crippen LogP contribution in [-0.4, -0.2) is 24.8 Å². The number of ether oxygens (including phenoxy) is 2. The second-order valence-electron chi connectivity index (χ2n) is 2.73. The molecule has 15 heavy (non-hydrogen) atoms. The monoisotopic (exact) mass is 274 g/mol. The highest BCUT2D eigenvalue weighted by Gasteiger charge is 2.17. The van der Waals surface area contributed by atoms with E-state index in [9.17, 15) is 9.90 Å². The molecule has 0 radical (unpaired) electrons. The highest BCUT2D eigenvalue weighted by molar-refractivity contribution is 9.10. The molecule has 0 bridgehead atoms. The Hall–Kier alpha value is -1.23. The maximum Gasteiger partial charge on any atom is 0.342 e. The number of aromatic hydroxyl groups is 1. The van der Waals surface area contributed by atoms with E-state index in [-0.39, 0.29) is 23.7 Å². The third-order valence-corrected chi connectivity index (χ3v) is 2.19. The molecule has 1 rings (SSSR count). The Morgan fingerprint density at radius 3 is 2.73 bits per heavy atom. The molecule has 0 amide bonds. The second kappa shape index (κ2) is 5.02. The van der Waals surface area contributed by atoms with E-state index < -0.39 is 5.97 Å². The molecular weight excluding hydrogens is 264 g/mol. The van der Waals surface area contributed by atoms with Gasteiger partial charge in [-0.2, -0.15) is 0 Å². The summed E-state index contributed by atoms with van der Waals surface area (Å²) in [5.74, 6) is -0.502. The third kappa shape index (κ3) is 2.62. The van der Waals surface area contributed by atoms with E-state index in [0.29, 0.717) is 4.47 Å².